The van der Waals surface area contributed by atoms with Crippen LogP contribution in [0.3, 0.4) is 0 Å². The van der Waals surface area contributed by atoms with Crippen molar-refractivity contribution in [2.45, 2.75) is 13.0 Å². The average molecular weight is 463 g/mol. The number of morpholine rings is 1. The number of pyridine rings is 2. The molecule has 0 aliphatic carbocycles. The molecule has 3 N–H and O–H groups in total. The number of rotatable bonds is 5. The molecule has 2 saturated heterocycles. The van der Waals surface area contributed by atoms with Crippen molar-refractivity contribution in [3.63, 3.8) is 0 Å². The number of aryl methyl sites for hydroxylation is 1. The van der Waals surface area contributed by atoms with Gasteiger partial charge in [-0.15, -0.1) is 0 Å². The summed E-state index contributed by atoms with van der Waals surface area (Å²) >= 11 is 0. The van der Waals surface area contributed by atoms with Crippen molar-refractivity contribution in [3.8, 4) is 22.6 Å². The highest BCUT2D eigenvalue weighted by Crippen LogP contribution is 2.27. The van der Waals surface area contributed by atoms with Gasteiger partial charge in [0.05, 0.1) is 31.1 Å². The van der Waals surface area contributed by atoms with Crippen molar-refractivity contribution < 1.29 is 19.4 Å². The van der Waals surface area contributed by atoms with Crippen molar-refractivity contribution in [3.05, 3.63) is 48.2 Å². The van der Waals surface area contributed by atoms with Crippen molar-refractivity contribution in [1.82, 2.24) is 30.2 Å². The van der Waals surface area contributed by atoms with Gasteiger partial charge in [0, 0.05) is 49.8 Å². The summed E-state index contributed by atoms with van der Waals surface area (Å²) in [6, 6.07) is 5.69. The van der Waals surface area contributed by atoms with Gasteiger partial charge in [0.25, 0.3) is 5.91 Å². The number of ether oxygens (including phenoxy) is 1. The summed E-state index contributed by atoms with van der Waals surface area (Å²) < 4.78 is 5.44. The number of likely N-dealkylation sites (tertiary alicyclic amines) is 1. The van der Waals surface area contributed by atoms with Crippen LogP contribution in [0.4, 0.5) is 10.5 Å². The molecule has 5 rings (SSSR count). The molecule has 0 atom stereocenters. The Balaban J connectivity index is 1.34. The molecule has 11 heteroatoms. The molecule has 11 nitrogen and oxygen atoms in total. The quantitative estimate of drug-likeness (QED) is 0.521. The summed E-state index contributed by atoms with van der Waals surface area (Å²) in [4.78, 5) is 43.9. The smallest absolute Gasteiger partial charge is 0.405 e. The molecule has 3 aromatic heterocycles. The van der Waals surface area contributed by atoms with E-state index in [0.717, 1.165) is 29.9 Å². The molecule has 2 fully saturated rings. The van der Waals surface area contributed by atoms with Crippen molar-refractivity contribution >= 4 is 17.7 Å². The number of H-pyrrole nitrogens is 1. The molecular formula is C23H25N7O4. The number of imidazole rings is 1. The van der Waals surface area contributed by atoms with Gasteiger partial charge in [-0.2, -0.15) is 0 Å². The van der Waals surface area contributed by atoms with Crippen LogP contribution >= 0.6 is 0 Å². The van der Waals surface area contributed by atoms with E-state index in [9.17, 15) is 9.59 Å². The lowest BCUT2D eigenvalue weighted by Gasteiger charge is -2.38. The van der Waals surface area contributed by atoms with Crippen LogP contribution in [-0.2, 0) is 4.74 Å². The number of hydrogen-bond acceptors (Lipinski definition) is 7. The fourth-order valence-corrected chi connectivity index (χ4v) is 4.17. The molecule has 0 bridgehead atoms. The molecule has 0 radical (unpaired) electrons. The van der Waals surface area contributed by atoms with Gasteiger partial charge < -0.3 is 29.9 Å². The molecule has 176 valence electrons. The number of aromatic nitrogens is 4. The monoisotopic (exact) mass is 463 g/mol. The van der Waals surface area contributed by atoms with Crippen LogP contribution < -0.4 is 10.2 Å². The number of carbonyl (C=O) groups is 2. The Kier molecular flexibility index (Phi) is 5.84. The van der Waals surface area contributed by atoms with Crippen LogP contribution in [0.15, 0.2) is 36.8 Å². The van der Waals surface area contributed by atoms with Crippen molar-refractivity contribution in [2.75, 3.05) is 44.3 Å². The Morgan fingerprint density at radius 3 is 2.74 bits per heavy atom. The largest absolute Gasteiger partial charge is 0.465 e. The third kappa shape index (κ3) is 4.42. The van der Waals surface area contributed by atoms with Crippen LogP contribution in [0.1, 0.15) is 16.2 Å². The lowest BCUT2D eigenvalue weighted by atomic mass is 10.1. The minimum atomic E-state index is -1.09. The van der Waals surface area contributed by atoms with Gasteiger partial charge in [-0.3, -0.25) is 14.8 Å². The minimum Gasteiger partial charge on any atom is -0.465 e. The van der Waals surface area contributed by atoms with Gasteiger partial charge in [0.2, 0.25) is 0 Å². The van der Waals surface area contributed by atoms with Crippen LogP contribution in [0.25, 0.3) is 22.6 Å². The number of nitrogens with one attached hydrogen (secondary N) is 2. The molecule has 3 aromatic rings. The van der Waals surface area contributed by atoms with E-state index in [1.54, 1.807) is 18.0 Å². The summed E-state index contributed by atoms with van der Waals surface area (Å²) in [5.41, 5.74) is 4.52. The second-order valence-electron chi connectivity index (χ2n) is 8.38. The van der Waals surface area contributed by atoms with Gasteiger partial charge in [0.15, 0.2) is 5.82 Å². The van der Waals surface area contributed by atoms with Crippen LogP contribution in [0, 0.1) is 6.92 Å². The predicted octanol–water partition coefficient (Wildman–Crippen LogP) is 1.77. The number of nitrogens with zero attached hydrogens (tertiary/aromatic N) is 5. The Labute approximate surface area is 195 Å². The summed E-state index contributed by atoms with van der Waals surface area (Å²) in [7, 11) is 0. The second-order valence-corrected chi connectivity index (χ2v) is 8.38. The summed E-state index contributed by atoms with van der Waals surface area (Å²) in [5.74, 6) is 0.266. The first-order valence-electron chi connectivity index (χ1n) is 11.1. The van der Waals surface area contributed by atoms with E-state index in [-0.39, 0.29) is 11.9 Å². The van der Waals surface area contributed by atoms with Gasteiger partial charge >= 0.3 is 6.09 Å². The van der Waals surface area contributed by atoms with E-state index in [0.29, 0.717) is 49.2 Å². The Morgan fingerprint density at radius 2 is 1.97 bits per heavy atom. The highest BCUT2D eigenvalue weighted by Gasteiger charge is 2.34. The number of aromatic amines is 1. The number of hydrogen-bond donors (Lipinski definition) is 3. The highest BCUT2D eigenvalue weighted by molar-refractivity contribution is 5.94. The maximum atomic E-state index is 12.8. The maximum absolute atomic E-state index is 12.8. The first-order valence-corrected chi connectivity index (χ1v) is 11.1. The minimum absolute atomic E-state index is 0.234. The zero-order chi connectivity index (χ0) is 23.7. The lowest BCUT2D eigenvalue weighted by Crippen LogP contribution is -2.60. The third-order valence-electron chi connectivity index (χ3n) is 6.02. The van der Waals surface area contributed by atoms with Crippen LogP contribution in [-0.4, -0.2) is 87.4 Å². The first-order chi connectivity index (χ1) is 16.5. The summed E-state index contributed by atoms with van der Waals surface area (Å²) in [5, 5.41) is 11.2. The molecule has 2 amide bonds. The number of amides is 2. The number of carbonyl (C=O) groups excluding carboxylic acids is 1. The van der Waals surface area contributed by atoms with E-state index < -0.39 is 6.09 Å². The number of carboxylic acid groups (broad SMARTS) is 1. The van der Waals surface area contributed by atoms with Gasteiger partial charge in [-0.1, -0.05) is 0 Å². The molecule has 5 heterocycles. The Bertz CT molecular complexity index is 1220. The van der Waals surface area contributed by atoms with Crippen molar-refractivity contribution in [1.29, 1.82) is 0 Å². The molecule has 0 spiro atoms. The molecule has 0 saturated carbocycles. The highest BCUT2D eigenvalue weighted by atomic mass is 16.5. The summed E-state index contributed by atoms with van der Waals surface area (Å²) in [6.45, 7) is 5.52. The van der Waals surface area contributed by atoms with Gasteiger partial charge in [0.1, 0.15) is 11.4 Å². The second kappa shape index (κ2) is 9.10. The molecule has 2 aliphatic rings. The zero-order valence-electron chi connectivity index (χ0n) is 18.7. The zero-order valence-corrected chi connectivity index (χ0v) is 18.7. The standard InChI is InChI=1S/C23H25N7O4/c1-14-20(22(31)30-12-17(13-30)27-23(32)33)28-21(26-14)19-9-15(2-3-25-19)16-8-18(11-24-10-16)29-4-6-34-7-5-29/h2-3,8-11,17,27H,4-7,12-13H2,1H3,(H,26,28)(H,32,33). The van der Waals surface area contributed by atoms with Crippen LogP contribution in [0.2, 0.25) is 0 Å². The van der Waals surface area contributed by atoms with E-state index in [1.165, 1.54) is 0 Å². The predicted molar refractivity (Wildman–Crippen MR) is 124 cm³/mol. The molecular weight excluding hydrogens is 438 g/mol. The van der Waals surface area contributed by atoms with Gasteiger partial charge in [-0.25, -0.2) is 9.78 Å². The molecule has 0 unspecified atom stereocenters. The van der Waals surface area contributed by atoms with E-state index in [1.807, 2.05) is 24.5 Å². The Morgan fingerprint density at radius 1 is 1.18 bits per heavy atom. The Hall–Kier alpha value is -3.99. The third-order valence-corrected chi connectivity index (χ3v) is 6.02. The molecule has 34 heavy (non-hydrogen) atoms. The lowest BCUT2D eigenvalue weighted by molar-refractivity contribution is 0.0558. The maximum Gasteiger partial charge on any atom is 0.405 e. The fourth-order valence-electron chi connectivity index (χ4n) is 4.17. The normalized spacial score (nSPS) is 16.3. The average Bonchev–Trinajstić information content (AvgIpc) is 3.23. The SMILES string of the molecule is Cc1[nH]c(-c2cc(-c3cncc(N4CCOCC4)c3)ccn2)nc1C(=O)N1CC(NC(=O)O)C1. The van der Waals surface area contributed by atoms with Gasteiger partial charge in [-0.05, 0) is 30.7 Å². The number of anilines is 1. The van der Waals surface area contributed by atoms with E-state index in [4.69, 9.17) is 9.84 Å². The molecule has 0 aromatic carbocycles. The van der Waals surface area contributed by atoms with E-state index in [2.05, 4.69) is 36.2 Å². The fraction of sp³-hybridized carbons (Fsp3) is 0.348. The topological polar surface area (TPSA) is 137 Å². The molecule has 2 aliphatic heterocycles. The van der Waals surface area contributed by atoms with Crippen molar-refractivity contribution in [2.24, 2.45) is 0 Å². The van der Waals surface area contributed by atoms with Crippen LogP contribution in [0.5, 0.6) is 0 Å². The summed E-state index contributed by atoms with van der Waals surface area (Å²) in [6.07, 6.45) is 4.30. The first kappa shape index (κ1) is 21.8. The van der Waals surface area contributed by atoms with E-state index >= 15 is 0 Å².